The first-order chi connectivity index (χ1) is 36.3. The fraction of sp³-hybridized carbons (Fsp3) is 0.483. The molecule has 388 valence electrons. The Morgan fingerprint density at radius 1 is 0.568 bits per heavy atom. The van der Waals surface area contributed by atoms with E-state index >= 15 is 0 Å². The molecule has 2 aromatic carbocycles. The number of tetrazole rings is 2. The lowest BCUT2D eigenvalue weighted by Gasteiger charge is -2.34. The van der Waals surface area contributed by atoms with E-state index in [4.69, 9.17) is 0 Å². The first kappa shape index (κ1) is 51.8. The van der Waals surface area contributed by atoms with Gasteiger partial charge in [0.2, 0.25) is 11.6 Å². The van der Waals surface area contributed by atoms with Gasteiger partial charge < -0.3 is 0 Å². The maximum Gasteiger partial charge on any atom is 0.328 e. The van der Waals surface area contributed by atoms with Gasteiger partial charge >= 0.3 is 11.4 Å². The standard InChI is InChI=1S/2C29H37N7O/c1-4-5-10-22-19-36(27-14-9-8-11-23(27)20(2)3)29(37)35(22)18-21-17-30-16-15-24(21)25-12-6-7-13-26(25)28-31-33-34-32-28;1-3-5-12-23-20-36(27-15-9-6-11-21(27)10-4-2)29(37)35(23)19-22-18-30-17-16-24(22)25-13-7-8-14-26(25)28-31-33-34-32-28/h6-7,12-13,15-17,19-20,23,27H,4-5,8-11,14,18H2,1-3H3,(H,31,32,33,34);7-8,13-14,16-18,20-21,27H,3-6,9-12,15,19H2,1-2H3,(H,31,32,33,34). The molecular formula is C58H74N14O2. The van der Waals surface area contributed by atoms with E-state index in [-0.39, 0.29) is 17.4 Å². The minimum atomic E-state index is 0.102. The van der Waals surface area contributed by atoms with Gasteiger partial charge in [0.1, 0.15) is 0 Å². The molecule has 0 aliphatic heterocycles. The van der Waals surface area contributed by atoms with Crippen LogP contribution in [0.15, 0.2) is 107 Å². The van der Waals surface area contributed by atoms with Crippen molar-refractivity contribution in [1.29, 1.82) is 0 Å². The highest BCUT2D eigenvalue weighted by Crippen LogP contribution is 2.40. The number of pyridine rings is 2. The van der Waals surface area contributed by atoms with E-state index in [1.807, 2.05) is 70.1 Å². The average molecular weight is 999 g/mol. The van der Waals surface area contributed by atoms with Crippen molar-refractivity contribution in [1.82, 2.24) is 69.5 Å². The highest BCUT2D eigenvalue weighted by Gasteiger charge is 2.32. The first-order valence-electron chi connectivity index (χ1n) is 27.4. The third kappa shape index (κ3) is 11.5. The number of nitrogens with zero attached hydrogens (tertiary/aromatic N) is 12. The largest absolute Gasteiger partial charge is 0.328 e. The van der Waals surface area contributed by atoms with Crippen molar-refractivity contribution in [2.24, 2.45) is 17.8 Å². The molecule has 16 nitrogen and oxygen atoms in total. The summed E-state index contributed by atoms with van der Waals surface area (Å²) < 4.78 is 8.12. The Bertz CT molecular complexity index is 3140. The van der Waals surface area contributed by atoms with Gasteiger partial charge in [0.15, 0.2) is 0 Å². The summed E-state index contributed by atoms with van der Waals surface area (Å²) in [5.74, 6) is 2.78. The molecule has 6 heterocycles. The van der Waals surface area contributed by atoms with Crippen LogP contribution in [0.2, 0.25) is 0 Å². The van der Waals surface area contributed by atoms with E-state index < -0.39 is 0 Å². The van der Waals surface area contributed by atoms with Gasteiger partial charge in [-0.05, 0) is 131 Å². The van der Waals surface area contributed by atoms with Gasteiger partial charge in [-0.15, -0.1) is 20.4 Å². The van der Waals surface area contributed by atoms with Crippen LogP contribution in [0, 0.1) is 17.8 Å². The quantitative estimate of drug-likeness (QED) is 0.0789. The molecule has 8 aromatic rings. The van der Waals surface area contributed by atoms with Crippen LogP contribution in [0.1, 0.15) is 159 Å². The summed E-state index contributed by atoms with van der Waals surface area (Å²) in [5.41, 5.74) is 10.3. The van der Waals surface area contributed by atoms with E-state index in [1.54, 1.807) is 12.4 Å². The number of aromatic nitrogens is 14. The zero-order valence-electron chi connectivity index (χ0n) is 44.0. The van der Waals surface area contributed by atoms with Gasteiger partial charge in [0.05, 0.1) is 13.1 Å². The van der Waals surface area contributed by atoms with Crippen LogP contribution in [-0.2, 0) is 25.9 Å². The second-order valence-electron chi connectivity index (χ2n) is 20.8. The fourth-order valence-corrected chi connectivity index (χ4v) is 11.9. The molecular weight excluding hydrogens is 925 g/mol. The van der Waals surface area contributed by atoms with E-state index in [9.17, 15) is 9.59 Å². The number of imidazole rings is 2. The van der Waals surface area contributed by atoms with Crippen LogP contribution in [-0.4, -0.2) is 69.5 Å². The van der Waals surface area contributed by atoms with E-state index in [1.165, 1.54) is 44.9 Å². The summed E-state index contributed by atoms with van der Waals surface area (Å²) in [6.07, 6.45) is 29.7. The highest BCUT2D eigenvalue weighted by atomic mass is 16.2. The summed E-state index contributed by atoms with van der Waals surface area (Å²) in [5, 5.41) is 29.4. The Hall–Kier alpha value is -7.10. The summed E-state index contributed by atoms with van der Waals surface area (Å²) in [4.78, 5) is 36.9. The summed E-state index contributed by atoms with van der Waals surface area (Å²) in [6, 6.07) is 20.7. The van der Waals surface area contributed by atoms with Gasteiger partial charge in [-0.1, -0.05) is 128 Å². The Labute approximate surface area is 434 Å². The minimum Gasteiger partial charge on any atom is -0.296 e. The molecule has 4 unspecified atom stereocenters. The lowest BCUT2D eigenvalue weighted by Crippen LogP contribution is -2.34. The maximum absolute atomic E-state index is 14.0. The zero-order chi connectivity index (χ0) is 51.4. The van der Waals surface area contributed by atoms with E-state index in [0.717, 1.165) is 114 Å². The zero-order valence-corrected chi connectivity index (χ0v) is 44.0. The molecule has 2 aliphatic rings. The molecule has 6 aromatic heterocycles. The topological polar surface area (TPSA) is 189 Å². The Morgan fingerprint density at radius 2 is 1.04 bits per heavy atom. The number of rotatable bonds is 19. The predicted octanol–water partition coefficient (Wildman–Crippen LogP) is 11.5. The van der Waals surface area contributed by atoms with Crippen molar-refractivity contribution in [3.8, 4) is 45.0 Å². The van der Waals surface area contributed by atoms with Crippen molar-refractivity contribution in [2.45, 2.75) is 163 Å². The Balaban J connectivity index is 0.000000182. The lowest BCUT2D eigenvalue weighted by molar-refractivity contribution is 0.180. The second kappa shape index (κ2) is 24.8. The molecule has 10 rings (SSSR count). The summed E-state index contributed by atoms with van der Waals surface area (Å²) >= 11 is 0. The Morgan fingerprint density at radius 3 is 1.51 bits per heavy atom. The molecule has 0 spiro atoms. The van der Waals surface area contributed by atoms with Crippen molar-refractivity contribution in [2.75, 3.05) is 0 Å². The number of unbranched alkanes of at least 4 members (excludes halogenated alkanes) is 2. The molecule has 0 amide bonds. The van der Waals surface area contributed by atoms with Crippen molar-refractivity contribution in [3.05, 3.63) is 141 Å². The fourth-order valence-electron chi connectivity index (χ4n) is 11.9. The molecule has 2 saturated carbocycles. The normalized spacial score (nSPS) is 17.9. The van der Waals surface area contributed by atoms with Gasteiger partial charge in [0.25, 0.3) is 0 Å². The molecule has 2 N–H and O–H groups in total. The number of H-pyrrole nitrogens is 2. The second-order valence-corrected chi connectivity index (χ2v) is 20.8. The molecule has 0 saturated heterocycles. The number of hydrogen-bond donors (Lipinski definition) is 2. The highest BCUT2D eigenvalue weighted by molar-refractivity contribution is 5.82. The molecule has 0 bridgehead atoms. The summed E-state index contributed by atoms with van der Waals surface area (Å²) in [7, 11) is 0. The monoisotopic (exact) mass is 999 g/mol. The molecule has 4 atom stereocenters. The molecule has 0 radical (unpaired) electrons. The number of aryl methyl sites for hydroxylation is 2. The third-order valence-electron chi connectivity index (χ3n) is 15.7. The third-order valence-corrected chi connectivity index (χ3v) is 15.7. The Kier molecular flexibility index (Phi) is 17.3. The van der Waals surface area contributed by atoms with Crippen LogP contribution in [0.25, 0.3) is 45.0 Å². The van der Waals surface area contributed by atoms with Crippen molar-refractivity contribution >= 4 is 0 Å². The van der Waals surface area contributed by atoms with Gasteiger partial charge in [-0.2, -0.15) is 10.4 Å². The lowest BCUT2D eigenvalue weighted by atomic mass is 9.78. The van der Waals surface area contributed by atoms with Crippen LogP contribution in [0.3, 0.4) is 0 Å². The molecule has 74 heavy (non-hydrogen) atoms. The smallest absolute Gasteiger partial charge is 0.296 e. The average Bonchev–Trinajstić information content (AvgIpc) is 4.28. The van der Waals surface area contributed by atoms with Crippen LogP contribution >= 0.6 is 0 Å². The molecule has 2 fully saturated rings. The van der Waals surface area contributed by atoms with E-state index in [2.05, 4.69) is 119 Å². The molecule has 16 heteroatoms. The number of aromatic amines is 2. The van der Waals surface area contributed by atoms with Crippen molar-refractivity contribution < 1.29 is 0 Å². The number of nitrogens with one attached hydrogen (secondary N) is 2. The van der Waals surface area contributed by atoms with Gasteiger partial charge in [-0.25, -0.2) is 9.59 Å². The maximum atomic E-state index is 14.0. The van der Waals surface area contributed by atoms with Gasteiger partial charge in [0, 0.05) is 71.8 Å². The minimum absolute atomic E-state index is 0.102. The first-order valence-corrected chi connectivity index (χ1v) is 27.4. The molecule has 2 aliphatic carbocycles. The number of benzene rings is 2. The van der Waals surface area contributed by atoms with Crippen LogP contribution in [0.5, 0.6) is 0 Å². The predicted molar refractivity (Wildman–Crippen MR) is 290 cm³/mol. The SMILES string of the molecule is CCCCc1cn(C2CCCCC2C(C)C)c(=O)n1Cc1cnccc1-c1ccccc1-c1nn[nH]n1.CCCCc1cn(C2CCCCC2CCC)c(=O)n1Cc1cnccc1-c1ccccc1-c1nn[nH]n1. The summed E-state index contributed by atoms with van der Waals surface area (Å²) in [6.45, 7) is 12.2. The van der Waals surface area contributed by atoms with Crippen molar-refractivity contribution in [3.63, 3.8) is 0 Å². The van der Waals surface area contributed by atoms with Gasteiger partial charge in [-0.3, -0.25) is 28.2 Å². The van der Waals surface area contributed by atoms with Crippen LogP contribution in [0.4, 0.5) is 0 Å². The number of hydrogen-bond acceptors (Lipinski definition) is 10. The van der Waals surface area contributed by atoms with E-state index in [0.29, 0.717) is 48.5 Å². The van der Waals surface area contributed by atoms with Crippen LogP contribution < -0.4 is 11.4 Å².